The molecular weight excluding hydrogens is 300 g/mol. The number of hydrogen-bond acceptors (Lipinski definition) is 3. The Morgan fingerprint density at radius 1 is 1.47 bits per heavy atom. The molecule has 0 atom stereocenters. The molecule has 0 unspecified atom stereocenters. The summed E-state index contributed by atoms with van der Waals surface area (Å²) in [7, 11) is 0. The summed E-state index contributed by atoms with van der Waals surface area (Å²) in [5.41, 5.74) is 6.14. The lowest BCUT2D eigenvalue weighted by atomic mass is 10.1. The van der Waals surface area contributed by atoms with Crippen molar-refractivity contribution in [3.63, 3.8) is 0 Å². The number of nitrogens with one attached hydrogen (secondary N) is 1. The maximum Gasteiger partial charge on any atom is 0.324 e. The van der Waals surface area contributed by atoms with Crippen LogP contribution in [0.1, 0.15) is 5.56 Å². The molecule has 0 heterocycles. The lowest BCUT2D eigenvalue weighted by molar-refractivity contribution is -0.117. The van der Waals surface area contributed by atoms with Gasteiger partial charge in [-0.2, -0.15) is 8.78 Å². The fraction of sp³-hybridized carbons (Fsp3) is 0.364. The van der Waals surface area contributed by atoms with Crippen LogP contribution in [0.2, 0.25) is 0 Å². The zero-order chi connectivity index (χ0) is 14.6. The first-order chi connectivity index (χ1) is 8.79. The Bertz CT molecular complexity index is 466. The number of halogens is 4. The van der Waals surface area contributed by atoms with Gasteiger partial charge in [-0.15, -0.1) is 11.8 Å². The Morgan fingerprint density at radius 2 is 2.11 bits per heavy atom. The van der Waals surface area contributed by atoms with E-state index in [1.54, 1.807) is 18.4 Å². The topological polar surface area (TPSA) is 38.0 Å². The molecule has 1 aromatic rings. The summed E-state index contributed by atoms with van der Waals surface area (Å²) in [6.45, 7) is -1.18. The highest BCUT2D eigenvalue weighted by Gasteiger charge is 2.40. The molecule has 0 saturated heterocycles. The van der Waals surface area contributed by atoms with Crippen LogP contribution in [-0.4, -0.2) is 30.1 Å². The average Bonchev–Trinajstić information content (AvgIpc) is 2.35. The molecule has 0 bridgehead atoms. The van der Waals surface area contributed by atoms with Gasteiger partial charge in [-0.1, -0.05) is 18.3 Å². The summed E-state index contributed by atoms with van der Waals surface area (Å²) in [4.78, 5) is 0.714. The summed E-state index contributed by atoms with van der Waals surface area (Å²) in [5.74, 6) is -4.11. The van der Waals surface area contributed by atoms with Crippen molar-refractivity contribution in [1.82, 2.24) is 0 Å². The summed E-state index contributed by atoms with van der Waals surface area (Å²) in [6, 6.07) is 4.79. The number of rotatable bonds is 6. The molecule has 0 aliphatic heterocycles. The number of benzene rings is 1. The second kappa shape index (κ2) is 6.42. The molecule has 8 heteroatoms. The van der Waals surface area contributed by atoms with Gasteiger partial charge in [-0.3, -0.25) is 0 Å². The molecule has 0 amide bonds. The number of alkyl halides is 4. The van der Waals surface area contributed by atoms with Crippen molar-refractivity contribution >= 4 is 34.7 Å². The second-order valence-corrected chi connectivity index (χ2v) is 4.95. The summed E-state index contributed by atoms with van der Waals surface area (Å²) in [5, 5.41) is 2.28. The molecule has 1 aromatic carbocycles. The monoisotopic (exact) mass is 312 g/mol. The van der Waals surface area contributed by atoms with E-state index in [0.717, 1.165) is 0 Å². The predicted octanol–water partition coefficient (Wildman–Crippen LogP) is 3.36. The highest BCUT2D eigenvalue weighted by molar-refractivity contribution is 7.98. The molecule has 0 aromatic heterocycles. The molecule has 3 N–H and O–H groups in total. The van der Waals surface area contributed by atoms with Crippen LogP contribution in [0.4, 0.5) is 23.2 Å². The molecule has 0 aliphatic rings. The normalized spacial score (nSPS) is 11.7. The highest BCUT2D eigenvalue weighted by Crippen LogP contribution is 2.29. The molecule has 19 heavy (non-hydrogen) atoms. The third-order valence-corrected chi connectivity index (χ3v) is 3.31. The van der Waals surface area contributed by atoms with E-state index < -0.39 is 18.9 Å². The third-order valence-electron chi connectivity index (χ3n) is 2.33. The predicted molar refractivity (Wildman–Crippen MR) is 73.6 cm³/mol. The van der Waals surface area contributed by atoms with Crippen LogP contribution < -0.4 is 11.1 Å². The minimum Gasteiger partial charge on any atom is -0.389 e. The second-order valence-electron chi connectivity index (χ2n) is 3.66. The molecule has 106 valence electrons. The number of anilines is 1. The highest BCUT2D eigenvalue weighted by atomic mass is 32.2. The van der Waals surface area contributed by atoms with Crippen LogP contribution >= 0.6 is 24.0 Å². The molecule has 2 nitrogen and oxygen atoms in total. The van der Waals surface area contributed by atoms with Crippen molar-refractivity contribution in [2.45, 2.75) is 17.2 Å². The van der Waals surface area contributed by atoms with Crippen LogP contribution in [0.25, 0.3) is 0 Å². The van der Waals surface area contributed by atoms with Crippen LogP contribution in [0.15, 0.2) is 23.1 Å². The van der Waals surface area contributed by atoms with Gasteiger partial charge in [0.15, 0.2) is 0 Å². The molecule has 1 rings (SSSR count). The Hall–Kier alpha value is -1.02. The first-order valence-corrected chi connectivity index (χ1v) is 6.79. The number of nitrogens with two attached hydrogens (primary N) is 1. The van der Waals surface area contributed by atoms with Crippen LogP contribution in [0.3, 0.4) is 0 Å². The van der Waals surface area contributed by atoms with Crippen molar-refractivity contribution in [3.05, 3.63) is 23.8 Å². The zero-order valence-electron chi connectivity index (χ0n) is 9.92. The van der Waals surface area contributed by atoms with E-state index in [0.29, 0.717) is 10.5 Å². The Kier molecular flexibility index (Phi) is 5.42. The quantitative estimate of drug-likeness (QED) is 0.480. The Labute approximate surface area is 117 Å². The van der Waals surface area contributed by atoms with E-state index in [2.05, 4.69) is 5.32 Å². The van der Waals surface area contributed by atoms with Crippen molar-refractivity contribution in [1.29, 1.82) is 0 Å². The van der Waals surface area contributed by atoms with Gasteiger partial charge < -0.3 is 11.1 Å². The molecule has 0 fully saturated rings. The van der Waals surface area contributed by atoms with Crippen LogP contribution in [0.5, 0.6) is 0 Å². The molecule has 0 saturated carbocycles. The van der Waals surface area contributed by atoms with Gasteiger partial charge >= 0.3 is 12.3 Å². The van der Waals surface area contributed by atoms with Gasteiger partial charge in [0.1, 0.15) is 4.99 Å². The Balaban J connectivity index is 2.99. The van der Waals surface area contributed by atoms with E-state index in [9.17, 15) is 17.6 Å². The smallest absolute Gasteiger partial charge is 0.324 e. The third kappa shape index (κ3) is 3.97. The molecule has 0 spiro atoms. The fourth-order valence-corrected chi connectivity index (χ4v) is 2.32. The van der Waals surface area contributed by atoms with Gasteiger partial charge in [0.2, 0.25) is 0 Å². The number of hydrogen-bond donors (Lipinski definition) is 2. The fourth-order valence-electron chi connectivity index (χ4n) is 1.39. The van der Waals surface area contributed by atoms with Gasteiger partial charge in [-0.05, 0) is 18.4 Å². The molecule has 0 radical (unpaired) electrons. The van der Waals surface area contributed by atoms with Gasteiger partial charge in [0.25, 0.3) is 0 Å². The van der Waals surface area contributed by atoms with Crippen LogP contribution in [-0.2, 0) is 0 Å². The summed E-state index contributed by atoms with van der Waals surface area (Å²) < 4.78 is 49.9. The van der Waals surface area contributed by atoms with Crippen LogP contribution in [0, 0.1) is 0 Å². The van der Waals surface area contributed by atoms with Crippen molar-refractivity contribution in [2.75, 3.05) is 18.1 Å². The van der Waals surface area contributed by atoms with Crippen molar-refractivity contribution in [2.24, 2.45) is 5.73 Å². The van der Waals surface area contributed by atoms with Gasteiger partial charge in [-0.25, -0.2) is 8.78 Å². The van der Waals surface area contributed by atoms with Gasteiger partial charge in [0.05, 0.1) is 6.54 Å². The van der Waals surface area contributed by atoms with E-state index in [1.165, 1.54) is 17.8 Å². The zero-order valence-corrected chi connectivity index (χ0v) is 11.6. The first-order valence-electron chi connectivity index (χ1n) is 5.16. The largest absolute Gasteiger partial charge is 0.389 e. The first kappa shape index (κ1) is 16.0. The summed E-state index contributed by atoms with van der Waals surface area (Å²) in [6.07, 6.45) is -1.95. The Morgan fingerprint density at radius 3 is 2.58 bits per heavy atom. The summed E-state index contributed by atoms with van der Waals surface area (Å²) >= 11 is 6.19. The van der Waals surface area contributed by atoms with Gasteiger partial charge in [0, 0.05) is 16.1 Å². The minimum absolute atomic E-state index is 0.0211. The molecule has 0 aliphatic carbocycles. The standard InChI is InChI=1S/C11H12F4N2S2/c1-19-7-4-2-3-6(8(7)9(16)18)17-5-11(14,15)10(12)13/h2-4,10,17H,5H2,1H3,(H2,16,18). The lowest BCUT2D eigenvalue weighted by Crippen LogP contribution is -2.35. The SMILES string of the molecule is CSc1cccc(NCC(F)(F)C(F)F)c1C(N)=S. The molecular formula is C11H12F4N2S2. The minimum atomic E-state index is -4.11. The number of thioether (sulfide) groups is 1. The van der Waals surface area contributed by atoms with Crippen molar-refractivity contribution < 1.29 is 17.6 Å². The van der Waals surface area contributed by atoms with E-state index in [-0.39, 0.29) is 10.7 Å². The van der Waals surface area contributed by atoms with E-state index >= 15 is 0 Å². The maximum atomic E-state index is 12.9. The lowest BCUT2D eigenvalue weighted by Gasteiger charge is -2.19. The van der Waals surface area contributed by atoms with Crippen molar-refractivity contribution in [3.8, 4) is 0 Å². The van der Waals surface area contributed by atoms with E-state index in [1.807, 2.05) is 0 Å². The average molecular weight is 312 g/mol. The number of thiocarbonyl (C=S) groups is 1. The maximum absolute atomic E-state index is 12.9. The van der Waals surface area contributed by atoms with E-state index in [4.69, 9.17) is 18.0 Å².